The van der Waals surface area contributed by atoms with Crippen LogP contribution in [0.1, 0.15) is 16.8 Å². The van der Waals surface area contributed by atoms with Gasteiger partial charge in [0.1, 0.15) is 0 Å². The molecule has 0 aliphatic carbocycles. The summed E-state index contributed by atoms with van der Waals surface area (Å²) in [5.74, 6) is -1.95. The first kappa shape index (κ1) is 14.3. The summed E-state index contributed by atoms with van der Waals surface area (Å²) in [6.07, 6.45) is 0.0403. The van der Waals surface area contributed by atoms with E-state index >= 15 is 0 Å². The molecule has 2 amide bonds. The maximum atomic E-state index is 12.0. The Balaban J connectivity index is 2.40. The zero-order valence-corrected chi connectivity index (χ0v) is 11.5. The van der Waals surface area contributed by atoms with Gasteiger partial charge in [-0.15, -0.1) is 0 Å². The van der Waals surface area contributed by atoms with Crippen molar-refractivity contribution in [3.63, 3.8) is 0 Å². The molecule has 2 N–H and O–H groups in total. The van der Waals surface area contributed by atoms with E-state index in [1.165, 1.54) is 18.1 Å². The Bertz CT molecular complexity index is 588. The van der Waals surface area contributed by atoms with Crippen LogP contribution in [0.4, 0.5) is 5.69 Å². The monoisotopic (exact) mass is 296 g/mol. The van der Waals surface area contributed by atoms with Crippen LogP contribution in [-0.2, 0) is 14.3 Å². The second-order valence-corrected chi connectivity index (χ2v) is 4.90. The molecule has 2 rings (SSSR count). The quantitative estimate of drug-likeness (QED) is 0.841. The van der Waals surface area contributed by atoms with E-state index in [1.807, 2.05) is 0 Å². The summed E-state index contributed by atoms with van der Waals surface area (Å²) in [5, 5.41) is 0.354. The molecule has 1 fully saturated rings. The van der Waals surface area contributed by atoms with Crippen molar-refractivity contribution in [1.29, 1.82) is 0 Å². The highest BCUT2D eigenvalue weighted by Gasteiger charge is 2.35. The number of amides is 2. The number of benzene rings is 1. The fraction of sp³-hybridized carbons (Fsp3) is 0.308. The largest absolute Gasteiger partial charge is 0.465 e. The van der Waals surface area contributed by atoms with Gasteiger partial charge in [-0.1, -0.05) is 11.6 Å². The van der Waals surface area contributed by atoms with Gasteiger partial charge in [0.25, 0.3) is 0 Å². The van der Waals surface area contributed by atoms with E-state index in [4.69, 9.17) is 17.3 Å². The highest BCUT2D eigenvalue weighted by atomic mass is 35.5. The molecule has 1 unspecified atom stereocenters. The molecule has 106 valence electrons. The van der Waals surface area contributed by atoms with Gasteiger partial charge in [0.05, 0.1) is 24.3 Å². The maximum absolute atomic E-state index is 12.0. The zero-order valence-electron chi connectivity index (χ0n) is 10.8. The van der Waals surface area contributed by atoms with Gasteiger partial charge >= 0.3 is 5.97 Å². The number of hydrogen-bond acceptors (Lipinski definition) is 4. The Labute approximate surface area is 120 Å². The Morgan fingerprint density at radius 1 is 1.45 bits per heavy atom. The number of esters is 1. The van der Waals surface area contributed by atoms with Crippen LogP contribution in [0.25, 0.3) is 0 Å². The fourth-order valence-corrected chi connectivity index (χ4v) is 2.32. The van der Waals surface area contributed by atoms with Crippen molar-refractivity contribution in [1.82, 2.24) is 0 Å². The van der Waals surface area contributed by atoms with E-state index in [0.29, 0.717) is 10.7 Å². The maximum Gasteiger partial charge on any atom is 0.340 e. The van der Waals surface area contributed by atoms with E-state index in [0.717, 1.165) is 0 Å². The van der Waals surface area contributed by atoms with Crippen LogP contribution in [0.3, 0.4) is 0 Å². The molecule has 6 nitrogen and oxygen atoms in total. The van der Waals surface area contributed by atoms with Crippen LogP contribution in [-0.4, -0.2) is 31.4 Å². The second-order valence-electron chi connectivity index (χ2n) is 4.46. The Morgan fingerprint density at radius 2 is 2.15 bits per heavy atom. The van der Waals surface area contributed by atoms with Crippen LogP contribution in [0.5, 0.6) is 0 Å². The van der Waals surface area contributed by atoms with E-state index in [9.17, 15) is 14.4 Å². The minimum absolute atomic E-state index is 0.0403. The van der Waals surface area contributed by atoms with Crippen molar-refractivity contribution < 1.29 is 19.1 Å². The fourth-order valence-electron chi connectivity index (χ4n) is 2.15. The van der Waals surface area contributed by atoms with Gasteiger partial charge in [0.2, 0.25) is 11.8 Å². The van der Waals surface area contributed by atoms with E-state index in [-0.39, 0.29) is 24.4 Å². The molecule has 0 spiro atoms. The molecule has 20 heavy (non-hydrogen) atoms. The van der Waals surface area contributed by atoms with Crippen LogP contribution < -0.4 is 10.6 Å². The number of primary amides is 1. The smallest absolute Gasteiger partial charge is 0.340 e. The highest BCUT2D eigenvalue weighted by molar-refractivity contribution is 6.31. The number of carbonyl (C=O) groups is 3. The van der Waals surface area contributed by atoms with Gasteiger partial charge in [0.15, 0.2) is 0 Å². The molecule has 1 aliphatic rings. The normalized spacial score (nSPS) is 18.2. The summed E-state index contributed by atoms with van der Waals surface area (Å²) in [7, 11) is 1.24. The average Bonchev–Trinajstić information content (AvgIpc) is 2.80. The van der Waals surface area contributed by atoms with Crippen LogP contribution in [0, 0.1) is 5.92 Å². The number of carbonyl (C=O) groups excluding carboxylic acids is 3. The van der Waals surface area contributed by atoms with Crippen molar-refractivity contribution >= 4 is 35.1 Å². The average molecular weight is 297 g/mol. The zero-order chi connectivity index (χ0) is 14.9. The van der Waals surface area contributed by atoms with Crippen molar-refractivity contribution in [2.75, 3.05) is 18.6 Å². The molecule has 0 saturated carbocycles. The molecule has 0 bridgehead atoms. The third-order valence-corrected chi connectivity index (χ3v) is 3.42. The first-order valence-corrected chi connectivity index (χ1v) is 6.29. The highest BCUT2D eigenvalue weighted by Crippen LogP contribution is 2.30. The SMILES string of the molecule is COC(=O)c1cc(Cl)ccc1N1CC(C(N)=O)CC1=O. The summed E-state index contributed by atoms with van der Waals surface area (Å²) in [6.45, 7) is 0.153. The molecular weight excluding hydrogens is 284 g/mol. The minimum atomic E-state index is -0.599. The van der Waals surface area contributed by atoms with Crippen LogP contribution >= 0.6 is 11.6 Å². The number of anilines is 1. The first-order valence-electron chi connectivity index (χ1n) is 5.91. The Kier molecular flexibility index (Phi) is 3.94. The Hall–Kier alpha value is -2.08. The lowest BCUT2D eigenvalue weighted by Gasteiger charge is -2.19. The van der Waals surface area contributed by atoms with E-state index in [2.05, 4.69) is 4.74 Å². The Morgan fingerprint density at radius 3 is 2.70 bits per heavy atom. The third kappa shape index (κ3) is 2.60. The van der Waals surface area contributed by atoms with Crippen molar-refractivity contribution in [2.45, 2.75) is 6.42 Å². The molecule has 7 heteroatoms. The van der Waals surface area contributed by atoms with Gasteiger partial charge < -0.3 is 15.4 Å². The van der Waals surface area contributed by atoms with Crippen molar-refractivity contribution in [3.8, 4) is 0 Å². The van der Waals surface area contributed by atoms with Crippen molar-refractivity contribution in [2.24, 2.45) is 11.7 Å². The molecule has 1 aromatic carbocycles. The van der Waals surface area contributed by atoms with E-state index in [1.54, 1.807) is 12.1 Å². The number of nitrogens with zero attached hydrogens (tertiary/aromatic N) is 1. The molecule has 1 aliphatic heterocycles. The molecule has 1 atom stereocenters. The van der Waals surface area contributed by atoms with Gasteiger partial charge in [-0.3, -0.25) is 9.59 Å². The van der Waals surface area contributed by atoms with Crippen molar-refractivity contribution in [3.05, 3.63) is 28.8 Å². The van der Waals surface area contributed by atoms with Crippen LogP contribution in [0.2, 0.25) is 5.02 Å². The van der Waals surface area contributed by atoms with Gasteiger partial charge in [0, 0.05) is 18.0 Å². The molecule has 1 heterocycles. The standard InChI is InChI=1S/C13H13ClN2O4/c1-20-13(19)9-5-8(14)2-3-10(9)16-6-7(12(15)18)4-11(16)17/h2-3,5,7H,4,6H2,1H3,(H2,15,18). The minimum Gasteiger partial charge on any atom is -0.465 e. The number of methoxy groups -OCH3 is 1. The summed E-state index contributed by atoms with van der Waals surface area (Å²) < 4.78 is 4.67. The second kappa shape index (κ2) is 5.50. The number of halogens is 1. The van der Waals surface area contributed by atoms with Gasteiger partial charge in [-0.2, -0.15) is 0 Å². The number of ether oxygens (including phenoxy) is 1. The molecule has 1 aromatic rings. The lowest BCUT2D eigenvalue weighted by molar-refractivity contribution is -0.123. The summed E-state index contributed by atoms with van der Waals surface area (Å²) in [4.78, 5) is 36.3. The lowest BCUT2D eigenvalue weighted by atomic mass is 10.1. The lowest BCUT2D eigenvalue weighted by Crippen LogP contribution is -2.29. The topological polar surface area (TPSA) is 89.7 Å². The predicted octanol–water partition coefficient (Wildman–Crippen LogP) is 0.965. The molecule has 0 radical (unpaired) electrons. The molecular formula is C13H13ClN2O4. The number of nitrogens with two attached hydrogens (primary N) is 1. The summed E-state index contributed by atoms with van der Waals surface area (Å²) in [5.41, 5.74) is 5.77. The number of hydrogen-bond donors (Lipinski definition) is 1. The van der Waals surface area contributed by atoms with Gasteiger partial charge in [-0.05, 0) is 18.2 Å². The molecule has 0 aromatic heterocycles. The summed E-state index contributed by atoms with van der Waals surface area (Å²) in [6, 6.07) is 4.54. The first-order chi connectivity index (χ1) is 9.43. The van der Waals surface area contributed by atoms with Crippen LogP contribution in [0.15, 0.2) is 18.2 Å². The number of rotatable bonds is 3. The van der Waals surface area contributed by atoms with Gasteiger partial charge in [-0.25, -0.2) is 4.79 Å². The predicted molar refractivity (Wildman–Crippen MR) is 72.4 cm³/mol. The summed E-state index contributed by atoms with van der Waals surface area (Å²) >= 11 is 5.85. The third-order valence-electron chi connectivity index (χ3n) is 3.18. The van der Waals surface area contributed by atoms with E-state index < -0.39 is 17.8 Å². The molecule has 1 saturated heterocycles.